The van der Waals surface area contributed by atoms with Crippen LogP contribution in [0.25, 0.3) is 11.3 Å². The van der Waals surface area contributed by atoms with Crippen molar-refractivity contribution in [3.8, 4) is 11.3 Å². The molecule has 7 nitrogen and oxygen atoms in total. The fourth-order valence-electron chi connectivity index (χ4n) is 2.16. The first-order chi connectivity index (χ1) is 11.1. The van der Waals surface area contributed by atoms with Crippen LogP contribution in [0.1, 0.15) is 24.6 Å². The van der Waals surface area contributed by atoms with Crippen LogP contribution in [-0.4, -0.2) is 21.2 Å². The van der Waals surface area contributed by atoms with E-state index in [1.807, 2.05) is 37.3 Å². The van der Waals surface area contributed by atoms with Gasteiger partial charge in [-0.3, -0.25) is 5.32 Å². The molecule has 0 saturated carbocycles. The number of carbonyl (C=O) groups excluding carboxylic acids is 1. The topological polar surface area (TPSA) is 95.8 Å². The molecule has 3 aromatic rings. The van der Waals surface area contributed by atoms with Crippen molar-refractivity contribution in [1.29, 1.82) is 0 Å². The number of carbonyl (C=O) groups is 1. The van der Waals surface area contributed by atoms with Crippen LogP contribution in [0.3, 0.4) is 0 Å². The van der Waals surface area contributed by atoms with E-state index in [0.717, 1.165) is 11.3 Å². The second kappa shape index (κ2) is 6.35. The van der Waals surface area contributed by atoms with Gasteiger partial charge in [0.05, 0.1) is 17.9 Å². The van der Waals surface area contributed by atoms with Gasteiger partial charge in [0.2, 0.25) is 0 Å². The number of anilines is 1. The highest BCUT2D eigenvalue weighted by atomic mass is 16.5. The lowest BCUT2D eigenvalue weighted by molar-refractivity contribution is 0.248. The summed E-state index contributed by atoms with van der Waals surface area (Å²) in [4.78, 5) is 19.5. The van der Waals surface area contributed by atoms with Gasteiger partial charge in [-0.1, -0.05) is 35.5 Å². The molecule has 23 heavy (non-hydrogen) atoms. The van der Waals surface area contributed by atoms with E-state index >= 15 is 0 Å². The lowest BCUT2D eigenvalue weighted by Crippen LogP contribution is -2.31. The molecule has 118 valence electrons. The fraction of sp³-hybridized carbons (Fsp3) is 0.188. The minimum atomic E-state index is -0.372. The first kappa shape index (κ1) is 14.8. The number of hydrogen-bond acceptors (Lipinski definition) is 4. The van der Waals surface area contributed by atoms with Gasteiger partial charge in [-0.25, -0.2) is 9.78 Å². The summed E-state index contributed by atoms with van der Waals surface area (Å²) < 4.78 is 4.90. The molecule has 0 aliphatic carbocycles. The smallest absolute Gasteiger partial charge is 0.321 e. The maximum Gasteiger partial charge on any atom is 0.321 e. The van der Waals surface area contributed by atoms with Gasteiger partial charge in [0, 0.05) is 6.07 Å². The summed E-state index contributed by atoms with van der Waals surface area (Å²) in [6.45, 7) is 3.61. The summed E-state index contributed by atoms with van der Waals surface area (Å²) in [7, 11) is 0. The molecule has 0 bridgehead atoms. The number of aromatic nitrogens is 3. The Morgan fingerprint density at radius 1 is 1.30 bits per heavy atom. The average molecular weight is 311 g/mol. The number of rotatable bonds is 4. The van der Waals surface area contributed by atoms with Crippen LogP contribution < -0.4 is 10.6 Å². The number of amides is 2. The van der Waals surface area contributed by atoms with Crippen molar-refractivity contribution < 1.29 is 9.32 Å². The summed E-state index contributed by atoms with van der Waals surface area (Å²) in [5.74, 6) is 1.68. The third kappa shape index (κ3) is 3.57. The van der Waals surface area contributed by atoms with E-state index in [-0.39, 0.29) is 12.1 Å². The molecule has 0 spiro atoms. The summed E-state index contributed by atoms with van der Waals surface area (Å²) in [6, 6.07) is 10.9. The maximum absolute atomic E-state index is 11.9. The minimum absolute atomic E-state index is 0.277. The minimum Gasteiger partial charge on any atom is -0.360 e. The summed E-state index contributed by atoms with van der Waals surface area (Å²) in [6.07, 6.45) is 1.75. The highest BCUT2D eigenvalue weighted by Crippen LogP contribution is 2.18. The molecule has 0 fully saturated rings. The highest BCUT2D eigenvalue weighted by molar-refractivity contribution is 5.88. The SMILES string of the molecule is Cc1cc(NC(=O)N[C@H](C)c2ncc(-c3ccccc3)[nH]2)no1. The zero-order valence-electron chi connectivity index (χ0n) is 12.8. The van der Waals surface area contributed by atoms with Gasteiger partial charge in [0.15, 0.2) is 5.82 Å². The maximum atomic E-state index is 11.9. The summed E-state index contributed by atoms with van der Waals surface area (Å²) >= 11 is 0. The molecule has 7 heteroatoms. The van der Waals surface area contributed by atoms with Crippen molar-refractivity contribution in [3.63, 3.8) is 0 Å². The molecular formula is C16H17N5O2. The van der Waals surface area contributed by atoms with Gasteiger partial charge in [-0.05, 0) is 19.4 Å². The van der Waals surface area contributed by atoms with E-state index in [0.29, 0.717) is 17.4 Å². The Morgan fingerprint density at radius 3 is 2.78 bits per heavy atom. The Kier molecular flexibility index (Phi) is 4.09. The zero-order chi connectivity index (χ0) is 16.2. The van der Waals surface area contributed by atoms with E-state index in [4.69, 9.17) is 4.52 Å². The third-order valence-corrected chi connectivity index (χ3v) is 3.31. The largest absolute Gasteiger partial charge is 0.360 e. The van der Waals surface area contributed by atoms with Crippen LogP contribution in [0.2, 0.25) is 0 Å². The third-order valence-electron chi connectivity index (χ3n) is 3.31. The monoisotopic (exact) mass is 311 g/mol. The number of nitrogens with one attached hydrogen (secondary N) is 3. The number of aromatic amines is 1. The van der Waals surface area contributed by atoms with Crippen molar-refractivity contribution in [1.82, 2.24) is 20.4 Å². The Balaban J connectivity index is 1.63. The number of imidazole rings is 1. The Hall–Kier alpha value is -3.09. The second-order valence-corrected chi connectivity index (χ2v) is 5.19. The van der Waals surface area contributed by atoms with Gasteiger partial charge >= 0.3 is 6.03 Å². The van der Waals surface area contributed by atoms with Crippen LogP contribution in [0.5, 0.6) is 0 Å². The van der Waals surface area contributed by atoms with Crippen LogP contribution in [0.15, 0.2) is 47.1 Å². The van der Waals surface area contributed by atoms with Crippen molar-refractivity contribution >= 4 is 11.8 Å². The standard InChI is InChI=1S/C16H17N5O2/c1-10-8-14(21-23-10)20-16(22)18-11(2)15-17-9-13(19-15)12-6-4-3-5-7-12/h3-9,11H,1-2H3,(H,17,19)(H2,18,20,21,22)/t11-/m1/s1. The molecule has 2 amide bonds. The van der Waals surface area contributed by atoms with Crippen LogP contribution in [0.4, 0.5) is 10.6 Å². The van der Waals surface area contributed by atoms with Gasteiger partial charge in [0.1, 0.15) is 11.6 Å². The number of nitrogens with zero attached hydrogens (tertiary/aromatic N) is 2. The fourth-order valence-corrected chi connectivity index (χ4v) is 2.16. The molecule has 1 aromatic carbocycles. The number of aryl methyl sites for hydroxylation is 1. The number of benzene rings is 1. The Labute approximate surface area is 133 Å². The number of hydrogen-bond donors (Lipinski definition) is 3. The Bertz CT molecular complexity index is 794. The molecule has 2 aromatic heterocycles. The van der Waals surface area contributed by atoms with E-state index < -0.39 is 0 Å². The molecule has 3 N–H and O–H groups in total. The first-order valence-corrected chi connectivity index (χ1v) is 7.23. The molecule has 3 rings (SSSR count). The van der Waals surface area contributed by atoms with Crippen molar-refractivity contribution in [3.05, 3.63) is 54.2 Å². The van der Waals surface area contributed by atoms with E-state index in [2.05, 4.69) is 25.8 Å². The van der Waals surface area contributed by atoms with Crippen molar-refractivity contribution in [2.45, 2.75) is 19.9 Å². The van der Waals surface area contributed by atoms with E-state index in [9.17, 15) is 4.79 Å². The van der Waals surface area contributed by atoms with Crippen LogP contribution in [0, 0.1) is 6.92 Å². The highest BCUT2D eigenvalue weighted by Gasteiger charge is 2.14. The Morgan fingerprint density at radius 2 is 2.09 bits per heavy atom. The van der Waals surface area contributed by atoms with Gasteiger partial charge in [0.25, 0.3) is 0 Å². The summed E-state index contributed by atoms with van der Waals surface area (Å²) in [5, 5.41) is 9.11. The van der Waals surface area contributed by atoms with Gasteiger partial charge in [-0.15, -0.1) is 0 Å². The lowest BCUT2D eigenvalue weighted by Gasteiger charge is -2.11. The van der Waals surface area contributed by atoms with Gasteiger partial charge in [-0.2, -0.15) is 0 Å². The molecule has 0 radical (unpaired) electrons. The quantitative estimate of drug-likeness (QED) is 0.689. The second-order valence-electron chi connectivity index (χ2n) is 5.19. The average Bonchev–Trinajstić information content (AvgIpc) is 3.17. The molecule has 0 aliphatic rings. The zero-order valence-corrected chi connectivity index (χ0v) is 12.8. The molecule has 2 heterocycles. The predicted molar refractivity (Wildman–Crippen MR) is 85.8 cm³/mol. The summed E-state index contributed by atoms with van der Waals surface area (Å²) in [5.41, 5.74) is 1.95. The predicted octanol–water partition coefficient (Wildman–Crippen LogP) is 3.26. The van der Waals surface area contributed by atoms with Crippen LogP contribution >= 0.6 is 0 Å². The molecule has 0 unspecified atom stereocenters. The van der Waals surface area contributed by atoms with Gasteiger partial charge < -0.3 is 14.8 Å². The number of urea groups is 1. The van der Waals surface area contributed by atoms with Crippen LogP contribution in [-0.2, 0) is 0 Å². The van der Waals surface area contributed by atoms with Crippen molar-refractivity contribution in [2.75, 3.05) is 5.32 Å². The van der Waals surface area contributed by atoms with E-state index in [1.165, 1.54) is 0 Å². The normalized spacial score (nSPS) is 11.9. The molecule has 0 saturated heterocycles. The lowest BCUT2D eigenvalue weighted by atomic mass is 10.2. The van der Waals surface area contributed by atoms with Crippen molar-refractivity contribution in [2.24, 2.45) is 0 Å². The molecular weight excluding hydrogens is 294 g/mol. The molecule has 0 aliphatic heterocycles. The number of H-pyrrole nitrogens is 1. The van der Waals surface area contributed by atoms with E-state index in [1.54, 1.807) is 19.2 Å². The first-order valence-electron chi connectivity index (χ1n) is 7.23. The molecule has 1 atom stereocenters.